The predicted molar refractivity (Wildman–Crippen MR) is 41.6 cm³/mol. The molecule has 0 saturated heterocycles. The van der Waals surface area contributed by atoms with Crippen LogP contribution >= 0.6 is 0 Å². The van der Waals surface area contributed by atoms with Crippen LogP contribution in [0.3, 0.4) is 0 Å². The van der Waals surface area contributed by atoms with Gasteiger partial charge in [-0.25, -0.2) is 0 Å². The molecule has 0 spiro atoms. The molecule has 9 heavy (non-hydrogen) atoms. The predicted octanol–water partition coefficient (Wildman–Crippen LogP) is 1.75. The van der Waals surface area contributed by atoms with Crippen LogP contribution in [0, 0.1) is 11.3 Å². The highest BCUT2D eigenvalue weighted by atomic mass is 14.8. The highest BCUT2D eigenvalue weighted by molar-refractivity contribution is 6.14. The minimum atomic E-state index is 0.339. The van der Waals surface area contributed by atoms with Crippen molar-refractivity contribution in [2.45, 2.75) is 26.8 Å². The number of aliphatic imine (C=N–C) groups is 1. The standard InChI is InChI=1S/C7H14N2/c1-6(2)7(3)9-5-4-8/h4-8H,1-3H3/b8-4?,9-5-/t7-/m1/s1. The van der Waals surface area contributed by atoms with Gasteiger partial charge in [-0.05, 0) is 12.8 Å². The van der Waals surface area contributed by atoms with Gasteiger partial charge < -0.3 is 5.41 Å². The Morgan fingerprint density at radius 3 is 2.22 bits per heavy atom. The summed E-state index contributed by atoms with van der Waals surface area (Å²) >= 11 is 0. The van der Waals surface area contributed by atoms with Gasteiger partial charge in [0.05, 0.1) is 0 Å². The Hall–Kier alpha value is -0.660. The van der Waals surface area contributed by atoms with E-state index in [4.69, 9.17) is 5.41 Å². The molecular formula is C7H14N2. The number of hydrogen-bond donors (Lipinski definition) is 1. The molecule has 2 nitrogen and oxygen atoms in total. The van der Waals surface area contributed by atoms with Crippen LogP contribution in [-0.2, 0) is 0 Å². The molecule has 0 amide bonds. The summed E-state index contributed by atoms with van der Waals surface area (Å²) in [5.41, 5.74) is 0. The zero-order chi connectivity index (χ0) is 7.28. The van der Waals surface area contributed by atoms with E-state index in [0.29, 0.717) is 12.0 Å². The third-order valence-electron chi connectivity index (χ3n) is 1.36. The van der Waals surface area contributed by atoms with Gasteiger partial charge in [0.15, 0.2) is 0 Å². The van der Waals surface area contributed by atoms with E-state index in [0.717, 1.165) is 0 Å². The fourth-order valence-corrected chi connectivity index (χ4v) is 0.351. The van der Waals surface area contributed by atoms with Crippen LogP contribution in [0.4, 0.5) is 0 Å². The number of rotatable bonds is 3. The number of hydrogen-bond acceptors (Lipinski definition) is 2. The van der Waals surface area contributed by atoms with E-state index in [9.17, 15) is 0 Å². The van der Waals surface area contributed by atoms with Crippen molar-refractivity contribution in [3.63, 3.8) is 0 Å². The van der Waals surface area contributed by atoms with Crippen LogP contribution < -0.4 is 0 Å². The Bertz CT molecular complexity index is 105. The first-order valence-corrected chi connectivity index (χ1v) is 3.20. The summed E-state index contributed by atoms with van der Waals surface area (Å²) in [5.74, 6) is 0.571. The Kier molecular flexibility index (Phi) is 3.93. The summed E-state index contributed by atoms with van der Waals surface area (Å²) in [4.78, 5) is 4.07. The number of nitrogens with zero attached hydrogens (tertiary/aromatic N) is 1. The Morgan fingerprint density at radius 2 is 1.89 bits per heavy atom. The lowest BCUT2D eigenvalue weighted by atomic mass is 10.1. The van der Waals surface area contributed by atoms with Crippen molar-refractivity contribution < 1.29 is 0 Å². The molecule has 2 heteroatoms. The molecular weight excluding hydrogens is 112 g/mol. The molecule has 0 bridgehead atoms. The van der Waals surface area contributed by atoms with Crippen LogP contribution in [0.2, 0.25) is 0 Å². The molecule has 0 saturated carbocycles. The summed E-state index contributed by atoms with van der Waals surface area (Å²) in [6, 6.07) is 0.339. The van der Waals surface area contributed by atoms with Crippen molar-refractivity contribution in [3.8, 4) is 0 Å². The summed E-state index contributed by atoms with van der Waals surface area (Å²) in [5, 5.41) is 6.66. The molecule has 0 aromatic heterocycles. The molecule has 0 aliphatic rings. The highest BCUT2D eigenvalue weighted by Crippen LogP contribution is 2.02. The first-order valence-electron chi connectivity index (χ1n) is 3.20. The normalized spacial score (nSPS) is 14.7. The summed E-state index contributed by atoms with van der Waals surface area (Å²) < 4.78 is 0. The maximum atomic E-state index is 6.66. The Labute approximate surface area is 56.5 Å². The van der Waals surface area contributed by atoms with Crippen molar-refractivity contribution in [2.24, 2.45) is 10.9 Å². The van der Waals surface area contributed by atoms with Crippen molar-refractivity contribution in [3.05, 3.63) is 0 Å². The minimum Gasteiger partial charge on any atom is -0.307 e. The molecule has 0 aliphatic heterocycles. The highest BCUT2D eigenvalue weighted by Gasteiger charge is 2.01. The molecule has 0 fully saturated rings. The zero-order valence-electron chi connectivity index (χ0n) is 6.26. The summed E-state index contributed by atoms with van der Waals surface area (Å²) in [6.07, 6.45) is 2.74. The lowest BCUT2D eigenvalue weighted by Crippen LogP contribution is -2.07. The molecule has 0 unspecified atom stereocenters. The van der Waals surface area contributed by atoms with E-state index >= 15 is 0 Å². The fourth-order valence-electron chi connectivity index (χ4n) is 0.351. The van der Waals surface area contributed by atoms with Crippen molar-refractivity contribution in [2.75, 3.05) is 0 Å². The van der Waals surface area contributed by atoms with Gasteiger partial charge in [-0.1, -0.05) is 13.8 Å². The lowest BCUT2D eigenvalue weighted by molar-refractivity contribution is 0.533. The zero-order valence-corrected chi connectivity index (χ0v) is 6.26. The van der Waals surface area contributed by atoms with Crippen LogP contribution in [0.15, 0.2) is 4.99 Å². The maximum Gasteiger partial charge on any atom is 0.0494 e. The summed E-state index contributed by atoms with van der Waals surface area (Å²) in [6.45, 7) is 6.28. The molecule has 52 valence electrons. The smallest absolute Gasteiger partial charge is 0.0494 e. The van der Waals surface area contributed by atoms with E-state index in [1.54, 1.807) is 0 Å². The van der Waals surface area contributed by atoms with Gasteiger partial charge in [0.2, 0.25) is 0 Å². The largest absolute Gasteiger partial charge is 0.307 e. The van der Waals surface area contributed by atoms with E-state index < -0.39 is 0 Å². The first kappa shape index (κ1) is 8.34. The van der Waals surface area contributed by atoms with Crippen LogP contribution in [-0.4, -0.2) is 18.5 Å². The lowest BCUT2D eigenvalue weighted by Gasteiger charge is -2.07. The van der Waals surface area contributed by atoms with Crippen molar-refractivity contribution >= 4 is 12.4 Å². The van der Waals surface area contributed by atoms with E-state index in [-0.39, 0.29) is 0 Å². The second kappa shape index (κ2) is 4.24. The first-order chi connectivity index (χ1) is 4.18. The average molecular weight is 126 g/mol. The molecule has 0 aromatic rings. The monoisotopic (exact) mass is 126 g/mol. The topological polar surface area (TPSA) is 36.2 Å². The van der Waals surface area contributed by atoms with E-state index in [1.165, 1.54) is 12.4 Å². The molecule has 0 heterocycles. The second-order valence-electron chi connectivity index (χ2n) is 2.45. The summed E-state index contributed by atoms with van der Waals surface area (Å²) in [7, 11) is 0. The van der Waals surface area contributed by atoms with Gasteiger partial charge in [0, 0.05) is 18.5 Å². The second-order valence-corrected chi connectivity index (χ2v) is 2.45. The molecule has 0 aromatic carbocycles. The number of nitrogens with one attached hydrogen (secondary N) is 1. The van der Waals surface area contributed by atoms with Gasteiger partial charge in [-0.15, -0.1) is 0 Å². The van der Waals surface area contributed by atoms with Crippen molar-refractivity contribution in [1.82, 2.24) is 0 Å². The van der Waals surface area contributed by atoms with Gasteiger partial charge in [-0.2, -0.15) is 0 Å². The van der Waals surface area contributed by atoms with Crippen LogP contribution in [0.1, 0.15) is 20.8 Å². The van der Waals surface area contributed by atoms with E-state index in [2.05, 4.69) is 18.8 Å². The van der Waals surface area contributed by atoms with Gasteiger partial charge >= 0.3 is 0 Å². The average Bonchev–Trinajstić information content (AvgIpc) is 1.82. The maximum absolute atomic E-state index is 6.66. The fraction of sp³-hybridized carbons (Fsp3) is 0.714. The molecule has 1 atom stereocenters. The molecule has 0 aliphatic carbocycles. The van der Waals surface area contributed by atoms with Crippen LogP contribution in [0.5, 0.6) is 0 Å². The molecule has 0 radical (unpaired) electrons. The van der Waals surface area contributed by atoms with Crippen LogP contribution in [0.25, 0.3) is 0 Å². The quantitative estimate of drug-likeness (QED) is 0.559. The Morgan fingerprint density at radius 1 is 1.33 bits per heavy atom. The van der Waals surface area contributed by atoms with Gasteiger partial charge in [-0.3, -0.25) is 4.99 Å². The third-order valence-corrected chi connectivity index (χ3v) is 1.36. The van der Waals surface area contributed by atoms with Crippen molar-refractivity contribution in [1.29, 1.82) is 5.41 Å². The van der Waals surface area contributed by atoms with Gasteiger partial charge in [0.25, 0.3) is 0 Å². The minimum absolute atomic E-state index is 0.339. The molecule has 0 rings (SSSR count). The molecule has 1 N–H and O–H groups in total. The third kappa shape index (κ3) is 3.88. The van der Waals surface area contributed by atoms with E-state index in [1.807, 2.05) is 6.92 Å². The SMILES string of the molecule is CC(C)[C@@H](C)/N=C\C=N. The van der Waals surface area contributed by atoms with Gasteiger partial charge in [0.1, 0.15) is 0 Å². The Balaban J connectivity index is 3.61.